The Bertz CT molecular complexity index is 714. The third-order valence-electron chi connectivity index (χ3n) is 4.98. The monoisotopic (exact) mass is 486 g/mol. The van der Waals surface area contributed by atoms with Crippen LogP contribution in [-0.4, -0.2) is 30.4 Å². The van der Waals surface area contributed by atoms with E-state index in [4.69, 9.17) is 23.4 Å². The Labute approximate surface area is 195 Å². The normalized spacial score (nSPS) is 14.4. The number of hydrogen-bond acceptors (Lipinski definition) is 2. The molecule has 2 rings (SSSR count). The quantitative estimate of drug-likeness (QED) is 0.369. The molecule has 30 heavy (non-hydrogen) atoms. The summed E-state index contributed by atoms with van der Waals surface area (Å²) in [6.07, 6.45) is 3.70. The first-order valence-corrected chi connectivity index (χ1v) is 16.4. The van der Waals surface area contributed by atoms with Crippen molar-refractivity contribution < 1.29 is 40.8 Å². The number of rotatable bonds is 4. The molecular weight excluding hydrogens is 452 g/mol. The molecule has 0 saturated carbocycles. The Kier molecular flexibility index (Phi) is 16.7. The van der Waals surface area contributed by atoms with Gasteiger partial charge in [-0.2, -0.15) is 0 Å². The summed E-state index contributed by atoms with van der Waals surface area (Å²) < 4.78 is 34.4. The number of fused-ring (bicyclic) bond motifs is 1. The van der Waals surface area contributed by atoms with Gasteiger partial charge in [-0.25, -0.2) is 0 Å². The van der Waals surface area contributed by atoms with Crippen LogP contribution >= 0.6 is 0 Å². The molecule has 0 heterocycles. The molecule has 1 aliphatic rings. The van der Waals surface area contributed by atoms with Crippen LogP contribution in [0.5, 0.6) is 11.5 Å². The fraction of sp³-hybridized carbons (Fsp3) is 0.591. The number of methoxy groups -OCH3 is 2. The molecule has 0 amide bonds. The number of ether oxygens (including phenoxy) is 2. The molecule has 1 aromatic carbocycles. The van der Waals surface area contributed by atoms with Gasteiger partial charge >= 0.3 is 33.9 Å². The van der Waals surface area contributed by atoms with Crippen molar-refractivity contribution in [2.45, 2.75) is 65.5 Å². The number of benzene rings is 1. The van der Waals surface area contributed by atoms with Crippen LogP contribution in [0.3, 0.4) is 0 Å². The van der Waals surface area contributed by atoms with E-state index in [2.05, 4.69) is 66.2 Å². The first kappa shape index (κ1) is 33.6. The van der Waals surface area contributed by atoms with E-state index in [0.717, 1.165) is 17.4 Å². The first-order chi connectivity index (χ1) is 13.5. The molecule has 166 valence electrons. The van der Waals surface area contributed by atoms with E-state index in [1.165, 1.54) is 29.6 Å². The van der Waals surface area contributed by atoms with Crippen LogP contribution in [-0.2, 0) is 44.2 Å². The first-order valence-electron chi connectivity index (χ1n) is 9.44. The van der Waals surface area contributed by atoms with Crippen LogP contribution in [0.1, 0.15) is 24.5 Å². The van der Waals surface area contributed by atoms with E-state index in [1.54, 1.807) is 11.1 Å². The minimum Gasteiger partial charge on any atom is 0 e. The predicted octanol–water partition coefficient (Wildman–Crippen LogP) is 3.80. The molecule has 0 fully saturated rings. The molecule has 1 aromatic rings. The van der Waals surface area contributed by atoms with Crippen molar-refractivity contribution in [1.82, 2.24) is 0 Å². The maximum atomic E-state index is 7.50. The van der Waals surface area contributed by atoms with Crippen molar-refractivity contribution in [3.05, 3.63) is 31.1 Å². The van der Waals surface area contributed by atoms with Crippen molar-refractivity contribution >= 4 is 26.5 Å². The average Bonchev–Trinajstić information content (AvgIpc) is 2.68. The molecule has 5 nitrogen and oxygen atoms in total. The van der Waals surface area contributed by atoms with Gasteiger partial charge in [0.1, 0.15) is 0 Å². The molecule has 1 aliphatic carbocycles. The molecule has 0 unspecified atom stereocenters. The van der Waals surface area contributed by atoms with Crippen LogP contribution < -0.4 is 19.8 Å². The van der Waals surface area contributed by atoms with Crippen molar-refractivity contribution in [2.24, 2.45) is 5.92 Å². The van der Waals surface area contributed by atoms with E-state index in [9.17, 15) is 0 Å². The largest absolute Gasteiger partial charge is 0 e. The third kappa shape index (κ3) is 7.93. The van der Waals surface area contributed by atoms with E-state index in [-0.39, 0.29) is 17.4 Å². The van der Waals surface area contributed by atoms with Crippen LogP contribution in [0.25, 0.3) is 0 Å². The standard InChI is InChI=1S/C19H34O2Si2.3CO.Cr/c1-13-10-11-14-15(12-13)19(23(7,8)9)17(21-3)16(20-2)18(14)22(4,5)6;3*1-2;/h13H,10-12H2,1-9H3;;;;/t13-;;;;/m0..../s1. The topological polar surface area (TPSA) is 78.2 Å². The summed E-state index contributed by atoms with van der Waals surface area (Å²) >= 11 is 0. The molecular formula is C22H34CrO5Si2. The Morgan fingerprint density at radius 2 is 1.07 bits per heavy atom. The van der Waals surface area contributed by atoms with E-state index in [1.807, 2.05) is 14.2 Å². The SMILES string of the molecule is COc1c(OC)c([Si](C)(C)C)c2c(c1[Si](C)(C)C)CC[C@H](C)C2.[C-]#[O+].[C-]#[O+].[C-]#[O+].[Cr]. The zero-order chi connectivity index (χ0) is 23.6. The smallest absolute Gasteiger partial charge is 0 e. The van der Waals surface area contributed by atoms with Crippen molar-refractivity contribution in [3.8, 4) is 11.5 Å². The summed E-state index contributed by atoms with van der Waals surface area (Å²) in [5.41, 5.74) is 3.22. The molecule has 0 aliphatic heterocycles. The minimum absolute atomic E-state index is 0. The van der Waals surface area contributed by atoms with Crippen molar-refractivity contribution in [1.29, 1.82) is 0 Å². The van der Waals surface area contributed by atoms with E-state index >= 15 is 0 Å². The molecule has 0 radical (unpaired) electrons. The molecule has 0 spiro atoms. The second kappa shape index (κ2) is 14.9. The van der Waals surface area contributed by atoms with Gasteiger partial charge in [-0.05, 0) is 46.7 Å². The molecule has 0 bridgehead atoms. The second-order valence-corrected chi connectivity index (χ2v) is 19.1. The summed E-state index contributed by atoms with van der Waals surface area (Å²) in [6.45, 7) is 30.5. The van der Waals surface area contributed by atoms with Gasteiger partial charge in [0.15, 0.2) is 11.5 Å². The summed E-state index contributed by atoms with van der Waals surface area (Å²) in [5.74, 6) is 2.85. The molecule has 0 saturated heterocycles. The molecule has 1 atom stereocenters. The van der Waals surface area contributed by atoms with E-state index in [0.29, 0.717) is 0 Å². The molecule has 0 aromatic heterocycles. The molecule has 0 N–H and O–H groups in total. The molecule has 8 heteroatoms. The third-order valence-corrected chi connectivity index (χ3v) is 9.03. The Morgan fingerprint density at radius 1 is 0.733 bits per heavy atom. The maximum absolute atomic E-state index is 7.50. The van der Waals surface area contributed by atoms with Gasteiger partial charge in [0, 0.05) is 17.4 Å². The van der Waals surface area contributed by atoms with Crippen LogP contribution in [0.15, 0.2) is 0 Å². The second-order valence-electron chi connectivity index (χ2n) is 9.12. The van der Waals surface area contributed by atoms with Gasteiger partial charge in [0.2, 0.25) is 0 Å². The summed E-state index contributed by atoms with van der Waals surface area (Å²) in [5, 5.41) is 3.00. The zero-order valence-electron chi connectivity index (χ0n) is 19.6. The summed E-state index contributed by atoms with van der Waals surface area (Å²) in [7, 11) is 0.580. The summed E-state index contributed by atoms with van der Waals surface area (Å²) in [6, 6.07) is 0. The zero-order valence-corrected chi connectivity index (χ0v) is 22.9. The van der Waals surface area contributed by atoms with Gasteiger partial charge < -0.3 is 9.47 Å². The predicted molar refractivity (Wildman–Crippen MR) is 118 cm³/mol. The van der Waals surface area contributed by atoms with E-state index < -0.39 is 16.1 Å². The van der Waals surface area contributed by atoms with Gasteiger partial charge in [0.25, 0.3) is 0 Å². The van der Waals surface area contributed by atoms with Crippen LogP contribution in [0, 0.1) is 25.9 Å². The number of hydrogen-bond donors (Lipinski definition) is 0. The van der Waals surface area contributed by atoms with Gasteiger partial charge in [-0.1, -0.05) is 46.2 Å². The average molecular weight is 487 g/mol. The Hall–Kier alpha value is -0.994. The van der Waals surface area contributed by atoms with Gasteiger partial charge in [0.05, 0.1) is 30.4 Å². The Balaban J connectivity index is -0.000000955. The summed E-state index contributed by atoms with van der Waals surface area (Å²) in [4.78, 5) is 0. The minimum atomic E-state index is -1.53. The fourth-order valence-electron chi connectivity index (χ4n) is 4.12. The van der Waals surface area contributed by atoms with Crippen LogP contribution in [0.4, 0.5) is 0 Å². The Morgan fingerprint density at radius 3 is 1.37 bits per heavy atom. The van der Waals surface area contributed by atoms with Gasteiger partial charge in [-0.15, -0.1) is 0 Å². The van der Waals surface area contributed by atoms with Crippen molar-refractivity contribution in [2.75, 3.05) is 14.2 Å². The fourth-order valence-corrected chi connectivity index (χ4v) is 8.25. The van der Waals surface area contributed by atoms with Crippen LogP contribution in [0.2, 0.25) is 39.3 Å². The van der Waals surface area contributed by atoms with Gasteiger partial charge in [-0.3, -0.25) is 0 Å². The maximum Gasteiger partial charge on any atom is 0 e. The van der Waals surface area contributed by atoms with Crippen molar-refractivity contribution in [3.63, 3.8) is 0 Å².